The molecule has 1 aliphatic rings. The van der Waals surface area contributed by atoms with Gasteiger partial charge < -0.3 is 14.7 Å². The molecule has 0 radical (unpaired) electrons. The largest absolute Gasteiger partial charge is 0.480 e. The highest BCUT2D eigenvalue weighted by molar-refractivity contribution is 5.84. The molecule has 144 valence electrons. The molecular formula is C21H21N3O4. The summed E-state index contributed by atoms with van der Waals surface area (Å²) in [5, 5.41) is 9.34. The third-order valence-corrected chi connectivity index (χ3v) is 4.94. The van der Waals surface area contributed by atoms with Crippen molar-refractivity contribution in [2.24, 2.45) is 0 Å². The molecule has 1 saturated heterocycles. The number of nitrogens with zero attached hydrogens (tertiary/aromatic N) is 3. The van der Waals surface area contributed by atoms with Gasteiger partial charge in [-0.15, -0.1) is 0 Å². The number of aryl methyl sites for hydroxylation is 1. The molecule has 2 heterocycles. The molecule has 0 aliphatic carbocycles. The van der Waals surface area contributed by atoms with E-state index in [1.807, 2.05) is 54.6 Å². The molecule has 1 fully saturated rings. The number of hydrogen-bond donors (Lipinski definition) is 1. The van der Waals surface area contributed by atoms with Crippen LogP contribution in [-0.4, -0.2) is 57.2 Å². The van der Waals surface area contributed by atoms with Gasteiger partial charge in [-0.1, -0.05) is 30.3 Å². The molecule has 3 aromatic rings. The lowest BCUT2D eigenvalue weighted by Gasteiger charge is -2.32. The van der Waals surface area contributed by atoms with Gasteiger partial charge in [0.15, 0.2) is 6.04 Å². The molecule has 1 aromatic heterocycles. The van der Waals surface area contributed by atoms with Crippen LogP contribution < -0.4 is 0 Å². The van der Waals surface area contributed by atoms with Gasteiger partial charge in [0, 0.05) is 25.1 Å². The molecule has 1 aliphatic heterocycles. The number of aromatic nitrogens is 2. The van der Waals surface area contributed by atoms with Crippen molar-refractivity contribution in [2.75, 3.05) is 19.8 Å². The Hall–Kier alpha value is -3.19. The number of carbonyl (C=O) groups is 2. The number of benzene rings is 2. The van der Waals surface area contributed by atoms with Gasteiger partial charge in [0.2, 0.25) is 5.91 Å². The second kappa shape index (κ2) is 7.82. The van der Waals surface area contributed by atoms with Gasteiger partial charge >= 0.3 is 5.97 Å². The molecule has 4 rings (SSSR count). The maximum absolute atomic E-state index is 12.7. The summed E-state index contributed by atoms with van der Waals surface area (Å²) in [7, 11) is 0. The molecule has 2 aromatic carbocycles. The molecule has 28 heavy (non-hydrogen) atoms. The van der Waals surface area contributed by atoms with Gasteiger partial charge in [0.05, 0.1) is 24.2 Å². The van der Waals surface area contributed by atoms with E-state index in [0.717, 1.165) is 22.5 Å². The highest BCUT2D eigenvalue weighted by Crippen LogP contribution is 2.22. The lowest BCUT2D eigenvalue weighted by atomic mass is 10.2. The fraction of sp³-hybridized carbons (Fsp3) is 0.286. The van der Waals surface area contributed by atoms with E-state index in [-0.39, 0.29) is 18.9 Å². The van der Waals surface area contributed by atoms with Crippen molar-refractivity contribution < 1.29 is 19.4 Å². The minimum Gasteiger partial charge on any atom is -0.480 e. The van der Waals surface area contributed by atoms with E-state index < -0.39 is 12.0 Å². The number of amides is 1. The Labute approximate surface area is 162 Å². The molecule has 7 nitrogen and oxygen atoms in total. The fourth-order valence-corrected chi connectivity index (χ4v) is 3.58. The Morgan fingerprint density at radius 2 is 1.86 bits per heavy atom. The first-order valence-electron chi connectivity index (χ1n) is 9.27. The molecule has 1 N–H and O–H groups in total. The molecule has 1 amide bonds. The summed E-state index contributed by atoms with van der Waals surface area (Å²) in [5.74, 6) is -0.451. The zero-order valence-corrected chi connectivity index (χ0v) is 15.3. The second-order valence-corrected chi connectivity index (χ2v) is 6.70. The van der Waals surface area contributed by atoms with Crippen molar-refractivity contribution >= 4 is 22.9 Å². The first kappa shape index (κ1) is 18.2. The van der Waals surface area contributed by atoms with Crippen molar-refractivity contribution in [3.05, 3.63) is 60.4 Å². The van der Waals surface area contributed by atoms with Crippen LogP contribution in [-0.2, 0) is 20.7 Å². The number of hydrogen-bond acceptors (Lipinski definition) is 4. The summed E-state index contributed by atoms with van der Waals surface area (Å²) in [5.41, 5.74) is 2.82. The van der Waals surface area contributed by atoms with Crippen molar-refractivity contribution in [1.82, 2.24) is 14.5 Å². The first-order chi connectivity index (χ1) is 13.6. The lowest BCUT2D eigenvalue weighted by molar-refractivity contribution is -0.158. The Morgan fingerprint density at radius 3 is 2.64 bits per heavy atom. The number of morpholine rings is 1. The van der Waals surface area contributed by atoms with Crippen molar-refractivity contribution in [2.45, 2.75) is 18.9 Å². The number of fused-ring (bicyclic) bond motifs is 1. The minimum atomic E-state index is -1.04. The van der Waals surface area contributed by atoms with Crippen LogP contribution in [0.25, 0.3) is 16.7 Å². The Balaban J connectivity index is 1.60. The minimum absolute atomic E-state index is 0.0314. The van der Waals surface area contributed by atoms with Gasteiger partial charge in [-0.25, -0.2) is 9.78 Å². The topological polar surface area (TPSA) is 84.7 Å². The summed E-state index contributed by atoms with van der Waals surface area (Å²) >= 11 is 0. The van der Waals surface area contributed by atoms with E-state index >= 15 is 0 Å². The lowest BCUT2D eigenvalue weighted by Crippen LogP contribution is -2.52. The van der Waals surface area contributed by atoms with E-state index in [2.05, 4.69) is 4.57 Å². The number of aliphatic carboxylic acids is 1. The van der Waals surface area contributed by atoms with E-state index in [0.29, 0.717) is 19.6 Å². The fourth-order valence-electron chi connectivity index (χ4n) is 3.58. The van der Waals surface area contributed by atoms with Crippen LogP contribution in [0.1, 0.15) is 12.2 Å². The van der Waals surface area contributed by atoms with E-state index in [4.69, 9.17) is 9.72 Å². The second-order valence-electron chi connectivity index (χ2n) is 6.70. The first-order valence-corrected chi connectivity index (χ1v) is 9.27. The van der Waals surface area contributed by atoms with Crippen molar-refractivity contribution in [1.29, 1.82) is 0 Å². The van der Waals surface area contributed by atoms with Gasteiger partial charge in [0.1, 0.15) is 5.82 Å². The predicted molar refractivity (Wildman–Crippen MR) is 103 cm³/mol. The summed E-state index contributed by atoms with van der Waals surface area (Å²) in [6.45, 7) is 0.687. The summed E-state index contributed by atoms with van der Waals surface area (Å²) in [6.07, 6.45) is 0.617. The predicted octanol–water partition coefficient (Wildman–Crippen LogP) is 2.27. The Bertz CT molecular complexity index is 999. The average molecular weight is 379 g/mol. The molecule has 1 atom stereocenters. The quantitative estimate of drug-likeness (QED) is 0.735. The van der Waals surface area contributed by atoms with E-state index in [1.165, 1.54) is 4.90 Å². The van der Waals surface area contributed by atoms with Crippen molar-refractivity contribution in [3.8, 4) is 5.69 Å². The molecular weight excluding hydrogens is 358 g/mol. The van der Waals surface area contributed by atoms with Gasteiger partial charge in [-0.3, -0.25) is 9.36 Å². The van der Waals surface area contributed by atoms with Crippen LogP contribution in [0.2, 0.25) is 0 Å². The Morgan fingerprint density at radius 1 is 1.11 bits per heavy atom. The molecule has 0 unspecified atom stereocenters. The van der Waals surface area contributed by atoms with Gasteiger partial charge in [-0.2, -0.15) is 0 Å². The maximum atomic E-state index is 12.7. The summed E-state index contributed by atoms with van der Waals surface area (Å²) < 4.78 is 7.26. The van der Waals surface area contributed by atoms with Crippen LogP contribution in [0.15, 0.2) is 54.6 Å². The van der Waals surface area contributed by atoms with E-state index in [9.17, 15) is 14.7 Å². The number of ether oxygens (including phenoxy) is 1. The Kier molecular flexibility index (Phi) is 5.08. The third kappa shape index (κ3) is 3.48. The van der Waals surface area contributed by atoms with Crippen LogP contribution >= 0.6 is 0 Å². The SMILES string of the molecule is O=C(O)[C@@H]1COCCN1C(=O)CCc1nc2ccccc2n1-c1ccccc1. The third-order valence-electron chi connectivity index (χ3n) is 4.94. The average Bonchev–Trinajstić information content (AvgIpc) is 3.11. The number of rotatable bonds is 5. The van der Waals surface area contributed by atoms with Gasteiger partial charge in [0.25, 0.3) is 0 Å². The molecule has 0 spiro atoms. The maximum Gasteiger partial charge on any atom is 0.328 e. The standard InChI is InChI=1S/C21H21N3O4/c25-20(23-12-13-28-14-18(23)21(26)27)11-10-19-22-16-8-4-5-9-17(16)24(19)15-6-2-1-3-7-15/h1-9,18H,10-14H2,(H,26,27)/t18-/m0/s1. The number of carboxylic acid groups (broad SMARTS) is 1. The zero-order chi connectivity index (χ0) is 19.5. The number of carbonyl (C=O) groups excluding carboxylic acids is 1. The smallest absolute Gasteiger partial charge is 0.328 e. The normalized spacial score (nSPS) is 17.0. The molecule has 0 saturated carbocycles. The monoisotopic (exact) mass is 379 g/mol. The van der Waals surface area contributed by atoms with Crippen LogP contribution in [0.4, 0.5) is 0 Å². The zero-order valence-electron chi connectivity index (χ0n) is 15.3. The highest BCUT2D eigenvalue weighted by Gasteiger charge is 2.32. The highest BCUT2D eigenvalue weighted by atomic mass is 16.5. The van der Waals surface area contributed by atoms with Crippen LogP contribution in [0, 0.1) is 0 Å². The molecule has 0 bridgehead atoms. The van der Waals surface area contributed by atoms with Crippen LogP contribution in [0.3, 0.4) is 0 Å². The molecule has 7 heteroatoms. The number of para-hydroxylation sites is 3. The van der Waals surface area contributed by atoms with Gasteiger partial charge in [-0.05, 0) is 24.3 Å². The van der Waals surface area contributed by atoms with Crippen molar-refractivity contribution in [3.63, 3.8) is 0 Å². The van der Waals surface area contributed by atoms with Crippen LogP contribution in [0.5, 0.6) is 0 Å². The number of imidazole rings is 1. The number of carboxylic acids is 1. The summed E-state index contributed by atoms with van der Waals surface area (Å²) in [6, 6.07) is 16.8. The van der Waals surface area contributed by atoms with E-state index in [1.54, 1.807) is 0 Å². The summed E-state index contributed by atoms with van der Waals surface area (Å²) in [4.78, 5) is 30.2.